The van der Waals surface area contributed by atoms with Gasteiger partial charge in [0.1, 0.15) is 0 Å². The van der Waals surface area contributed by atoms with Crippen LogP contribution in [0.5, 0.6) is 0 Å². The van der Waals surface area contributed by atoms with Crippen molar-refractivity contribution >= 4 is 23.2 Å². The maximum atomic E-state index is 12.5. The summed E-state index contributed by atoms with van der Waals surface area (Å²) in [5.74, 6) is -0.0663. The number of carbonyl (C=O) groups is 2. The van der Waals surface area contributed by atoms with Crippen molar-refractivity contribution in [3.8, 4) is 0 Å². The number of rotatable bonds is 13. The van der Waals surface area contributed by atoms with Crippen molar-refractivity contribution in [2.45, 2.75) is 0 Å². The van der Waals surface area contributed by atoms with Crippen LogP contribution in [0.15, 0.2) is 48.5 Å². The molecule has 0 fully saturated rings. The molecule has 0 saturated carbocycles. The number of carbonyl (C=O) groups excluding carboxylic acids is 2. The predicted octanol–water partition coefficient (Wildman–Crippen LogP) is 2.70. The zero-order chi connectivity index (χ0) is 25.1. The Kier molecular flexibility index (Phi) is 10.8. The number of ether oxygens (including phenoxy) is 2. The summed E-state index contributed by atoms with van der Waals surface area (Å²) >= 11 is 0. The zero-order valence-corrected chi connectivity index (χ0v) is 21.3. The molecule has 0 aliphatic heterocycles. The first-order valence-electron chi connectivity index (χ1n) is 11.4. The molecule has 2 rings (SSSR count). The van der Waals surface area contributed by atoms with Gasteiger partial charge in [-0.05, 0) is 48.5 Å². The van der Waals surface area contributed by atoms with Crippen LogP contribution >= 0.6 is 0 Å². The van der Waals surface area contributed by atoms with Crippen LogP contribution in [0.2, 0.25) is 0 Å². The molecule has 0 aliphatic carbocycles. The molecule has 2 amide bonds. The maximum Gasteiger partial charge on any atom is 0.253 e. The van der Waals surface area contributed by atoms with Crippen molar-refractivity contribution in [1.29, 1.82) is 0 Å². The van der Waals surface area contributed by atoms with Gasteiger partial charge in [-0.2, -0.15) is 0 Å². The molecule has 0 bridgehead atoms. The van der Waals surface area contributed by atoms with E-state index in [1.54, 1.807) is 23.9 Å². The minimum atomic E-state index is -0.0331. The number of anilines is 2. The molecule has 0 atom stereocenters. The van der Waals surface area contributed by atoms with Crippen molar-refractivity contribution in [2.75, 3.05) is 91.6 Å². The summed E-state index contributed by atoms with van der Waals surface area (Å²) in [6, 6.07) is 15.1. The quantitative estimate of drug-likeness (QED) is 0.420. The topological polar surface area (TPSA) is 65.6 Å². The Bertz CT molecular complexity index is 823. The summed E-state index contributed by atoms with van der Waals surface area (Å²) in [5, 5.41) is 0. The third-order valence-corrected chi connectivity index (χ3v) is 5.47. The van der Waals surface area contributed by atoms with Gasteiger partial charge in [-0.3, -0.25) is 9.59 Å². The molecule has 8 nitrogen and oxygen atoms in total. The molecule has 186 valence electrons. The van der Waals surface area contributed by atoms with Gasteiger partial charge in [-0.1, -0.05) is 0 Å². The van der Waals surface area contributed by atoms with E-state index in [2.05, 4.69) is 0 Å². The predicted molar refractivity (Wildman–Crippen MR) is 137 cm³/mol. The van der Waals surface area contributed by atoms with E-state index in [1.165, 1.54) is 0 Å². The standard InChI is InChI=1S/C26H38N4O4/c1-27(2)23-11-7-21(8-12-23)25(31)29(5)15-17-33-19-20-34-18-16-30(6)26(32)22-9-13-24(14-10-22)28(3)4/h7-14H,15-20H2,1-6H3. The van der Waals surface area contributed by atoms with Crippen LogP contribution in [-0.4, -0.2) is 103 Å². The first-order valence-corrected chi connectivity index (χ1v) is 11.4. The lowest BCUT2D eigenvalue weighted by Gasteiger charge is -2.19. The van der Waals surface area contributed by atoms with E-state index in [1.807, 2.05) is 86.5 Å². The van der Waals surface area contributed by atoms with Crippen LogP contribution in [-0.2, 0) is 9.47 Å². The second-order valence-electron chi connectivity index (χ2n) is 8.56. The van der Waals surface area contributed by atoms with Gasteiger partial charge in [-0.25, -0.2) is 0 Å². The smallest absolute Gasteiger partial charge is 0.253 e. The molecule has 34 heavy (non-hydrogen) atoms. The van der Waals surface area contributed by atoms with Crippen molar-refractivity contribution < 1.29 is 19.1 Å². The molecule has 0 saturated heterocycles. The fraction of sp³-hybridized carbons (Fsp3) is 0.462. The molecule has 2 aromatic rings. The van der Waals surface area contributed by atoms with E-state index < -0.39 is 0 Å². The maximum absolute atomic E-state index is 12.5. The van der Waals surface area contributed by atoms with E-state index in [0.29, 0.717) is 50.6 Å². The van der Waals surface area contributed by atoms with Crippen LogP contribution in [0.4, 0.5) is 11.4 Å². The summed E-state index contributed by atoms with van der Waals surface area (Å²) in [6.45, 7) is 2.73. The number of nitrogens with zero attached hydrogens (tertiary/aromatic N) is 4. The second-order valence-corrected chi connectivity index (χ2v) is 8.56. The highest BCUT2D eigenvalue weighted by Gasteiger charge is 2.13. The van der Waals surface area contributed by atoms with Gasteiger partial charge >= 0.3 is 0 Å². The van der Waals surface area contributed by atoms with Crippen molar-refractivity contribution in [3.63, 3.8) is 0 Å². The highest BCUT2D eigenvalue weighted by molar-refractivity contribution is 5.95. The number of hydrogen-bond acceptors (Lipinski definition) is 6. The fourth-order valence-electron chi connectivity index (χ4n) is 3.17. The molecule has 8 heteroatoms. The average Bonchev–Trinajstić information content (AvgIpc) is 2.84. The summed E-state index contributed by atoms with van der Waals surface area (Å²) < 4.78 is 11.2. The third kappa shape index (κ3) is 8.35. The first-order chi connectivity index (χ1) is 16.2. The Morgan fingerprint density at radius 2 is 0.882 bits per heavy atom. The van der Waals surface area contributed by atoms with Gasteiger partial charge in [0.2, 0.25) is 0 Å². The van der Waals surface area contributed by atoms with E-state index in [0.717, 1.165) is 11.4 Å². The molecule has 2 aromatic carbocycles. The minimum Gasteiger partial charge on any atom is -0.378 e. The largest absolute Gasteiger partial charge is 0.378 e. The second kappa shape index (κ2) is 13.6. The fourth-order valence-corrected chi connectivity index (χ4v) is 3.17. The van der Waals surface area contributed by atoms with E-state index >= 15 is 0 Å². The summed E-state index contributed by atoms with van der Waals surface area (Å²) in [6.07, 6.45) is 0. The lowest BCUT2D eigenvalue weighted by molar-refractivity contribution is 0.0325. The Morgan fingerprint density at radius 3 is 1.18 bits per heavy atom. The molecule has 0 aliphatic rings. The Hall–Kier alpha value is -3.10. The van der Waals surface area contributed by atoms with Gasteiger partial charge in [0, 0.05) is 77.9 Å². The van der Waals surface area contributed by atoms with Crippen molar-refractivity contribution in [2.24, 2.45) is 0 Å². The monoisotopic (exact) mass is 470 g/mol. The third-order valence-electron chi connectivity index (χ3n) is 5.47. The van der Waals surface area contributed by atoms with Gasteiger partial charge in [0.05, 0.1) is 26.4 Å². The molecular weight excluding hydrogens is 432 g/mol. The molecular formula is C26H38N4O4. The zero-order valence-electron chi connectivity index (χ0n) is 21.3. The van der Waals surface area contributed by atoms with E-state index in [-0.39, 0.29) is 11.8 Å². The molecule has 0 spiro atoms. The SMILES string of the molecule is CN(CCOCCOCCN(C)C(=O)c1ccc(N(C)C)cc1)C(=O)c1ccc(N(C)C)cc1. The van der Waals surface area contributed by atoms with Crippen molar-refractivity contribution in [3.05, 3.63) is 59.7 Å². The molecule has 0 aromatic heterocycles. The van der Waals surface area contributed by atoms with Crippen molar-refractivity contribution in [1.82, 2.24) is 9.80 Å². The number of hydrogen-bond donors (Lipinski definition) is 0. The van der Waals surface area contributed by atoms with E-state index in [9.17, 15) is 9.59 Å². The number of likely N-dealkylation sites (N-methyl/N-ethyl adjacent to an activating group) is 2. The van der Waals surface area contributed by atoms with Gasteiger partial charge < -0.3 is 29.1 Å². The minimum absolute atomic E-state index is 0.0331. The highest BCUT2D eigenvalue weighted by Crippen LogP contribution is 2.14. The summed E-state index contributed by atoms with van der Waals surface area (Å²) in [4.78, 5) is 32.3. The van der Waals surface area contributed by atoms with Crippen LogP contribution in [0.1, 0.15) is 20.7 Å². The van der Waals surface area contributed by atoms with Crippen LogP contribution < -0.4 is 9.80 Å². The molecule has 0 radical (unpaired) electrons. The van der Waals surface area contributed by atoms with Crippen LogP contribution in [0, 0.1) is 0 Å². The lowest BCUT2D eigenvalue weighted by Crippen LogP contribution is -2.31. The van der Waals surface area contributed by atoms with Gasteiger partial charge in [-0.15, -0.1) is 0 Å². The normalized spacial score (nSPS) is 10.6. The molecule has 0 unspecified atom stereocenters. The molecule has 0 heterocycles. The number of amides is 2. The van der Waals surface area contributed by atoms with E-state index in [4.69, 9.17) is 9.47 Å². The average molecular weight is 471 g/mol. The lowest BCUT2D eigenvalue weighted by atomic mass is 10.2. The summed E-state index contributed by atoms with van der Waals surface area (Å²) in [7, 11) is 11.4. The van der Waals surface area contributed by atoms with Gasteiger partial charge in [0.15, 0.2) is 0 Å². The Labute approximate surface area is 203 Å². The molecule has 0 N–H and O–H groups in total. The Morgan fingerprint density at radius 1 is 0.559 bits per heavy atom. The Balaban J connectivity index is 1.58. The first kappa shape index (κ1) is 27.1. The van der Waals surface area contributed by atoms with Crippen LogP contribution in [0.25, 0.3) is 0 Å². The van der Waals surface area contributed by atoms with Gasteiger partial charge in [0.25, 0.3) is 11.8 Å². The number of benzene rings is 2. The highest BCUT2D eigenvalue weighted by atomic mass is 16.5. The van der Waals surface area contributed by atoms with Crippen LogP contribution in [0.3, 0.4) is 0 Å². The summed E-state index contributed by atoms with van der Waals surface area (Å²) in [5.41, 5.74) is 3.42.